The lowest BCUT2D eigenvalue weighted by molar-refractivity contribution is -0.147. The Morgan fingerprint density at radius 2 is 1.93 bits per heavy atom. The smallest absolute Gasteiger partial charge is 0.314 e. The predicted octanol–water partition coefficient (Wildman–Crippen LogP) is 2.64. The largest absolute Gasteiger partial charge is 0.394 e. The van der Waals surface area contributed by atoms with Gasteiger partial charge in [0, 0.05) is 25.9 Å². The molecule has 1 saturated heterocycles. The summed E-state index contributed by atoms with van der Waals surface area (Å²) in [7, 11) is 0. The predicted molar refractivity (Wildman–Crippen MR) is 110 cm³/mol. The number of likely N-dealkylation sites (tertiary alicyclic amines) is 1. The molecule has 0 radical (unpaired) electrons. The van der Waals surface area contributed by atoms with E-state index in [0.717, 1.165) is 24.8 Å². The van der Waals surface area contributed by atoms with Crippen LogP contribution in [0.1, 0.15) is 56.6 Å². The Hall–Kier alpha value is -2.34. The van der Waals surface area contributed by atoms with E-state index >= 15 is 0 Å². The summed E-state index contributed by atoms with van der Waals surface area (Å²) < 4.78 is 0. The molecule has 1 aliphatic carbocycles. The number of hydrogen-bond donors (Lipinski definition) is 3. The summed E-state index contributed by atoms with van der Waals surface area (Å²) in [4.78, 5) is 25.7. The minimum atomic E-state index is -0.250. The van der Waals surface area contributed by atoms with Gasteiger partial charge in [0.1, 0.15) is 0 Å². The number of carbonyl (C=O) groups excluding carboxylic acids is 2. The zero-order valence-corrected chi connectivity index (χ0v) is 16.8. The summed E-state index contributed by atoms with van der Waals surface area (Å²) >= 11 is 0. The van der Waals surface area contributed by atoms with Crippen molar-refractivity contribution in [3.8, 4) is 0 Å². The van der Waals surface area contributed by atoms with Crippen molar-refractivity contribution in [3.63, 3.8) is 0 Å². The maximum Gasteiger partial charge on any atom is 0.314 e. The minimum Gasteiger partial charge on any atom is -0.394 e. The van der Waals surface area contributed by atoms with Gasteiger partial charge in [-0.05, 0) is 42.4 Å². The molecule has 2 aliphatic rings. The Kier molecular flexibility index (Phi) is 6.73. The van der Waals surface area contributed by atoms with Crippen LogP contribution in [0.5, 0.6) is 0 Å². The molecule has 28 heavy (non-hydrogen) atoms. The topological polar surface area (TPSA) is 81.7 Å². The van der Waals surface area contributed by atoms with Crippen LogP contribution in [0.15, 0.2) is 30.3 Å². The normalized spacial score (nSPS) is 23.8. The number of carbonyl (C=O) groups is 2. The number of amides is 3. The Balaban J connectivity index is 1.73. The SMILES string of the molecule is CCCNC(=O)NC[C@H]1[C@@H](c2ccc(C3=CCCC3)cc2)[C@@H](CO)N1C(C)=O. The maximum absolute atomic E-state index is 12.1. The molecule has 6 nitrogen and oxygen atoms in total. The number of aliphatic hydroxyl groups is 1. The van der Waals surface area contributed by atoms with Gasteiger partial charge in [0.15, 0.2) is 0 Å². The van der Waals surface area contributed by atoms with Gasteiger partial charge in [0.05, 0.1) is 18.7 Å². The summed E-state index contributed by atoms with van der Waals surface area (Å²) in [5, 5.41) is 15.5. The fraction of sp³-hybridized carbons (Fsp3) is 0.545. The van der Waals surface area contributed by atoms with Crippen molar-refractivity contribution in [2.24, 2.45) is 0 Å². The van der Waals surface area contributed by atoms with Crippen LogP contribution in [-0.2, 0) is 4.79 Å². The van der Waals surface area contributed by atoms with Gasteiger partial charge < -0.3 is 20.6 Å². The summed E-state index contributed by atoms with van der Waals surface area (Å²) in [5.74, 6) is -0.0734. The van der Waals surface area contributed by atoms with Crippen molar-refractivity contribution in [1.29, 1.82) is 0 Å². The van der Waals surface area contributed by atoms with Crippen LogP contribution in [-0.4, -0.2) is 53.7 Å². The van der Waals surface area contributed by atoms with Gasteiger partial charge in [-0.3, -0.25) is 4.79 Å². The van der Waals surface area contributed by atoms with Gasteiger partial charge in [-0.2, -0.15) is 0 Å². The van der Waals surface area contributed by atoms with Gasteiger partial charge in [0.2, 0.25) is 5.91 Å². The third kappa shape index (κ3) is 4.22. The lowest BCUT2D eigenvalue weighted by Gasteiger charge is -2.54. The van der Waals surface area contributed by atoms with Crippen LogP contribution in [0.3, 0.4) is 0 Å². The summed E-state index contributed by atoms with van der Waals surface area (Å²) in [6.07, 6.45) is 6.66. The number of hydrogen-bond acceptors (Lipinski definition) is 3. The summed E-state index contributed by atoms with van der Waals surface area (Å²) in [5.41, 5.74) is 3.74. The van der Waals surface area contributed by atoms with Crippen LogP contribution in [0, 0.1) is 0 Å². The molecule has 3 atom stereocenters. The van der Waals surface area contributed by atoms with Crippen molar-refractivity contribution in [2.45, 2.75) is 57.5 Å². The van der Waals surface area contributed by atoms with Gasteiger partial charge in [-0.15, -0.1) is 0 Å². The van der Waals surface area contributed by atoms with Crippen molar-refractivity contribution in [1.82, 2.24) is 15.5 Å². The summed E-state index contributed by atoms with van der Waals surface area (Å²) in [6, 6.07) is 7.84. The Bertz CT molecular complexity index is 729. The monoisotopic (exact) mass is 385 g/mol. The first kappa shape index (κ1) is 20.4. The molecule has 0 bridgehead atoms. The third-order valence-electron chi connectivity index (χ3n) is 5.81. The highest BCUT2D eigenvalue weighted by atomic mass is 16.3. The van der Waals surface area contributed by atoms with E-state index in [1.54, 1.807) is 4.90 Å². The maximum atomic E-state index is 12.1. The molecule has 152 valence electrons. The number of allylic oxidation sites excluding steroid dienone is 2. The quantitative estimate of drug-likeness (QED) is 0.675. The molecule has 1 aromatic rings. The van der Waals surface area contributed by atoms with Crippen LogP contribution < -0.4 is 10.6 Å². The third-order valence-corrected chi connectivity index (χ3v) is 5.81. The molecule has 1 fully saturated rings. The number of aliphatic hydroxyl groups excluding tert-OH is 1. The van der Waals surface area contributed by atoms with E-state index in [0.29, 0.717) is 13.1 Å². The number of benzene rings is 1. The molecule has 3 N–H and O–H groups in total. The highest BCUT2D eigenvalue weighted by molar-refractivity contribution is 5.77. The molecule has 1 aliphatic heterocycles. The molecule has 0 aromatic heterocycles. The van der Waals surface area contributed by atoms with Crippen molar-refractivity contribution in [2.75, 3.05) is 19.7 Å². The van der Waals surface area contributed by atoms with E-state index in [-0.39, 0.29) is 36.5 Å². The molecular weight excluding hydrogens is 354 g/mol. The lowest BCUT2D eigenvalue weighted by atomic mass is 9.74. The van der Waals surface area contributed by atoms with Gasteiger partial charge in [-0.25, -0.2) is 4.79 Å². The molecule has 1 heterocycles. The molecule has 0 spiro atoms. The Morgan fingerprint density at radius 1 is 1.18 bits per heavy atom. The highest BCUT2D eigenvalue weighted by Crippen LogP contribution is 2.41. The average molecular weight is 386 g/mol. The molecule has 3 rings (SSSR count). The fourth-order valence-electron chi connectivity index (χ4n) is 4.44. The molecule has 3 amide bonds. The van der Waals surface area contributed by atoms with Crippen molar-refractivity contribution < 1.29 is 14.7 Å². The zero-order valence-electron chi connectivity index (χ0n) is 16.8. The first-order valence-electron chi connectivity index (χ1n) is 10.3. The van der Waals surface area contributed by atoms with Crippen LogP contribution in [0.25, 0.3) is 5.57 Å². The van der Waals surface area contributed by atoms with E-state index in [9.17, 15) is 14.7 Å². The Labute approximate surface area is 167 Å². The van der Waals surface area contributed by atoms with Gasteiger partial charge in [-0.1, -0.05) is 37.3 Å². The molecular formula is C22H31N3O3. The average Bonchev–Trinajstić information content (AvgIpc) is 3.20. The van der Waals surface area contributed by atoms with Crippen molar-refractivity contribution in [3.05, 3.63) is 41.5 Å². The number of nitrogens with zero attached hydrogens (tertiary/aromatic N) is 1. The van der Waals surface area contributed by atoms with Gasteiger partial charge in [0.25, 0.3) is 0 Å². The molecule has 0 saturated carbocycles. The molecule has 6 heteroatoms. The van der Waals surface area contributed by atoms with Gasteiger partial charge >= 0.3 is 6.03 Å². The number of nitrogens with one attached hydrogen (secondary N) is 2. The van der Waals surface area contributed by atoms with Crippen LogP contribution >= 0.6 is 0 Å². The first-order valence-corrected chi connectivity index (χ1v) is 10.3. The Morgan fingerprint density at radius 3 is 2.50 bits per heavy atom. The second kappa shape index (κ2) is 9.24. The standard InChI is InChI=1S/C22H31N3O3/c1-3-12-23-22(28)24-13-19-21(20(14-26)25(19)15(2)27)18-10-8-17(9-11-18)16-6-4-5-7-16/h6,8-11,19-21,26H,3-5,7,12-14H2,1-2H3,(H2,23,24,28)/t19-,20+,21+/m0/s1. The first-order chi connectivity index (χ1) is 13.6. The fourth-order valence-corrected chi connectivity index (χ4v) is 4.44. The highest BCUT2D eigenvalue weighted by Gasteiger charge is 2.49. The zero-order chi connectivity index (χ0) is 20.1. The molecule has 1 aromatic carbocycles. The van der Waals surface area contributed by atoms with E-state index in [1.165, 1.54) is 24.5 Å². The second-order valence-corrected chi connectivity index (χ2v) is 7.65. The number of rotatable bonds is 7. The van der Waals surface area contributed by atoms with E-state index in [1.807, 2.05) is 6.92 Å². The second-order valence-electron chi connectivity index (χ2n) is 7.65. The summed E-state index contributed by atoms with van der Waals surface area (Å²) in [6.45, 7) is 4.40. The van der Waals surface area contributed by atoms with E-state index < -0.39 is 0 Å². The van der Waals surface area contributed by atoms with Crippen LogP contribution in [0.4, 0.5) is 4.79 Å². The minimum absolute atomic E-state index is 0.00647. The van der Waals surface area contributed by atoms with E-state index in [4.69, 9.17) is 0 Å². The van der Waals surface area contributed by atoms with E-state index in [2.05, 4.69) is 41.0 Å². The number of urea groups is 1. The van der Waals surface area contributed by atoms with Crippen LogP contribution in [0.2, 0.25) is 0 Å². The lowest BCUT2D eigenvalue weighted by Crippen LogP contribution is -2.68. The molecule has 0 unspecified atom stereocenters. The van der Waals surface area contributed by atoms with Crippen molar-refractivity contribution >= 4 is 17.5 Å².